The molecule has 1 heterocycles. The molecule has 4 rings (SSSR count). The van der Waals surface area contributed by atoms with Crippen molar-refractivity contribution < 1.29 is 14.3 Å². The van der Waals surface area contributed by atoms with Crippen molar-refractivity contribution in [3.05, 3.63) is 94.5 Å². The molecule has 1 saturated heterocycles. The van der Waals surface area contributed by atoms with Crippen LogP contribution >= 0.6 is 11.6 Å². The normalized spacial score (nSPS) is 13.8. The summed E-state index contributed by atoms with van der Waals surface area (Å²) in [7, 11) is 1.64. The van der Waals surface area contributed by atoms with Crippen LogP contribution in [0, 0.1) is 0 Å². The SMILES string of the molecule is COCCCNC(=O)c1cc(NC(=O)c2cccc(Cl)c2)ccc1N1CCN(Cc2ccccc2)CC1. The molecule has 0 aliphatic carbocycles. The fourth-order valence-corrected chi connectivity index (χ4v) is 4.60. The van der Waals surface area contributed by atoms with Crippen molar-refractivity contribution in [2.24, 2.45) is 0 Å². The Labute approximate surface area is 223 Å². The van der Waals surface area contributed by atoms with Crippen LogP contribution in [-0.4, -0.2) is 63.2 Å². The molecule has 0 bridgehead atoms. The maximum Gasteiger partial charge on any atom is 0.255 e. The summed E-state index contributed by atoms with van der Waals surface area (Å²) in [6, 6.07) is 22.7. The number of ether oxygens (including phenoxy) is 1. The lowest BCUT2D eigenvalue weighted by Crippen LogP contribution is -2.46. The van der Waals surface area contributed by atoms with E-state index >= 15 is 0 Å². The highest BCUT2D eigenvalue weighted by Gasteiger charge is 2.22. The van der Waals surface area contributed by atoms with Gasteiger partial charge in [0, 0.05) is 74.9 Å². The van der Waals surface area contributed by atoms with Crippen molar-refractivity contribution in [3.8, 4) is 0 Å². The molecule has 0 atom stereocenters. The van der Waals surface area contributed by atoms with E-state index < -0.39 is 0 Å². The number of piperazine rings is 1. The zero-order valence-corrected chi connectivity index (χ0v) is 21.8. The first-order chi connectivity index (χ1) is 18.0. The number of carbonyl (C=O) groups excluding carboxylic acids is 2. The fraction of sp³-hybridized carbons (Fsp3) is 0.310. The summed E-state index contributed by atoms with van der Waals surface area (Å²) in [5.41, 5.74) is 3.71. The molecule has 7 nitrogen and oxygen atoms in total. The summed E-state index contributed by atoms with van der Waals surface area (Å²) in [6.07, 6.45) is 0.723. The predicted octanol–water partition coefficient (Wildman–Crippen LogP) is 4.68. The van der Waals surface area contributed by atoms with Crippen molar-refractivity contribution in [2.75, 3.05) is 56.7 Å². The predicted molar refractivity (Wildman–Crippen MR) is 149 cm³/mol. The van der Waals surface area contributed by atoms with Gasteiger partial charge in [-0.3, -0.25) is 14.5 Å². The van der Waals surface area contributed by atoms with Crippen molar-refractivity contribution >= 4 is 34.8 Å². The van der Waals surface area contributed by atoms with Gasteiger partial charge in [0.25, 0.3) is 11.8 Å². The minimum absolute atomic E-state index is 0.170. The molecular formula is C29H33ClN4O3. The van der Waals surface area contributed by atoms with E-state index in [-0.39, 0.29) is 11.8 Å². The van der Waals surface area contributed by atoms with Crippen LogP contribution in [0.5, 0.6) is 0 Å². The molecule has 1 aliphatic heterocycles. The van der Waals surface area contributed by atoms with E-state index in [9.17, 15) is 9.59 Å². The van der Waals surface area contributed by atoms with E-state index in [0.29, 0.717) is 35.0 Å². The largest absolute Gasteiger partial charge is 0.385 e. The van der Waals surface area contributed by atoms with Crippen LogP contribution in [0.3, 0.4) is 0 Å². The number of amides is 2. The summed E-state index contributed by atoms with van der Waals surface area (Å²) < 4.78 is 5.09. The van der Waals surface area contributed by atoms with Gasteiger partial charge in [0.2, 0.25) is 0 Å². The van der Waals surface area contributed by atoms with Gasteiger partial charge < -0.3 is 20.3 Å². The molecule has 0 saturated carbocycles. The number of hydrogen-bond acceptors (Lipinski definition) is 5. The Morgan fingerprint density at radius 3 is 2.43 bits per heavy atom. The summed E-state index contributed by atoms with van der Waals surface area (Å²) >= 11 is 6.04. The lowest BCUT2D eigenvalue weighted by molar-refractivity contribution is 0.0947. The third-order valence-corrected chi connectivity index (χ3v) is 6.59. The van der Waals surface area contributed by atoms with E-state index in [1.165, 1.54) is 5.56 Å². The molecule has 0 spiro atoms. The molecule has 3 aromatic rings. The minimum Gasteiger partial charge on any atom is -0.385 e. The van der Waals surface area contributed by atoms with Crippen LogP contribution in [0.25, 0.3) is 0 Å². The second kappa shape index (κ2) is 13.2. The van der Waals surface area contributed by atoms with Gasteiger partial charge in [-0.05, 0) is 48.4 Å². The monoisotopic (exact) mass is 520 g/mol. The molecule has 194 valence electrons. The molecule has 2 N–H and O–H groups in total. The smallest absolute Gasteiger partial charge is 0.255 e. The second-order valence-electron chi connectivity index (χ2n) is 9.05. The van der Waals surface area contributed by atoms with Crippen LogP contribution in [0.2, 0.25) is 5.02 Å². The topological polar surface area (TPSA) is 73.9 Å². The maximum absolute atomic E-state index is 13.2. The molecule has 8 heteroatoms. The molecule has 1 aliphatic rings. The van der Waals surface area contributed by atoms with Gasteiger partial charge in [-0.15, -0.1) is 0 Å². The first kappa shape index (κ1) is 26.7. The Balaban J connectivity index is 1.48. The van der Waals surface area contributed by atoms with E-state index in [4.69, 9.17) is 16.3 Å². The number of carbonyl (C=O) groups is 2. The zero-order chi connectivity index (χ0) is 26.0. The third kappa shape index (κ3) is 7.55. The third-order valence-electron chi connectivity index (χ3n) is 6.36. The van der Waals surface area contributed by atoms with Crippen molar-refractivity contribution in [1.29, 1.82) is 0 Å². The number of hydrogen-bond donors (Lipinski definition) is 2. The van der Waals surface area contributed by atoms with Crippen LogP contribution < -0.4 is 15.5 Å². The molecule has 37 heavy (non-hydrogen) atoms. The molecule has 3 aromatic carbocycles. The average molecular weight is 521 g/mol. The number of nitrogens with one attached hydrogen (secondary N) is 2. The fourth-order valence-electron chi connectivity index (χ4n) is 4.41. The Kier molecular flexibility index (Phi) is 9.54. The van der Waals surface area contributed by atoms with Gasteiger partial charge in [-0.1, -0.05) is 48.0 Å². The van der Waals surface area contributed by atoms with Crippen LogP contribution in [-0.2, 0) is 11.3 Å². The Bertz CT molecular complexity index is 1200. The highest BCUT2D eigenvalue weighted by Crippen LogP contribution is 2.27. The van der Waals surface area contributed by atoms with Gasteiger partial charge in [-0.2, -0.15) is 0 Å². The molecular weight excluding hydrogens is 488 g/mol. The van der Waals surface area contributed by atoms with E-state index in [2.05, 4.69) is 44.7 Å². The van der Waals surface area contributed by atoms with Crippen molar-refractivity contribution in [1.82, 2.24) is 10.2 Å². The number of anilines is 2. The van der Waals surface area contributed by atoms with Crippen molar-refractivity contribution in [3.63, 3.8) is 0 Å². The zero-order valence-electron chi connectivity index (χ0n) is 21.1. The van der Waals surface area contributed by atoms with Crippen molar-refractivity contribution in [2.45, 2.75) is 13.0 Å². The van der Waals surface area contributed by atoms with Gasteiger partial charge in [0.1, 0.15) is 0 Å². The summed E-state index contributed by atoms with van der Waals surface area (Å²) in [6.45, 7) is 5.42. The highest BCUT2D eigenvalue weighted by atomic mass is 35.5. The van der Waals surface area contributed by atoms with Crippen LogP contribution in [0.4, 0.5) is 11.4 Å². The number of benzene rings is 3. The Hall–Kier alpha value is -3.39. The molecule has 2 amide bonds. The van der Waals surface area contributed by atoms with E-state index in [0.717, 1.165) is 44.8 Å². The first-order valence-corrected chi connectivity index (χ1v) is 12.9. The Morgan fingerprint density at radius 2 is 1.70 bits per heavy atom. The van der Waals surface area contributed by atoms with Gasteiger partial charge in [0.15, 0.2) is 0 Å². The number of nitrogens with zero attached hydrogens (tertiary/aromatic N) is 2. The van der Waals surface area contributed by atoms with Crippen LogP contribution in [0.1, 0.15) is 32.7 Å². The summed E-state index contributed by atoms with van der Waals surface area (Å²) in [5, 5.41) is 6.38. The first-order valence-electron chi connectivity index (χ1n) is 12.5. The summed E-state index contributed by atoms with van der Waals surface area (Å²) in [5.74, 6) is -0.451. The van der Waals surface area contributed by atoms with Gasteiger partial charge in [0.05, 0.1) is 5.56 Å². The molecule has 0 radical (unpaired) electrons. The standard InChI is InChI=1S/C29H33ClN4O3/c1-37-18-6-13-31-29(36)26-20-25(32-28(35)23-9-5-10-24(30)19-23)11-12-27(26)34-16-14-33(15-17-34)21-22-7-3-2-4-8-22/h2-5,7-12,19-20H,6,13-18,21H2,1H3,(H,31,36)(H,32,35). The van der Waals surface area contributed by atoms with Gasteiger partial charge >= 0.3 is 0 Å². The summed E-state index contributed by atoms with van der Waals surface area (Å²) in [4.78, 5) is 30.6. The van der Waals surface area contributed by atoms with Gasteiger partial charge in [-0.25, -0.2) is 0 Å². The number of halogens is 1. The molecule has 1 fully saturated rings. The lowest BCUT2D eigenvalue weighted by atomic mass is 10.1. The van der Waals surface area contributed by atoms with E-state index in [1.54, 1.807) is 37.4 Å². The molecule has 0 aromatic heterocycles. The quantitative estimate of drug-likeness (QED) is 0.380. The Morgan fingerprint density at radius 1 is 0.919 bits per heavy atom. The van der Waals surface area contributed by atoms with Crippen LogP contribution in [0.15, 0.2) is 72.8 Å². The minimum atomic E-state index is -0.281. The highest BCUT2D eigenvalue weighted by molar-refractivity contribution is 6.31. The molecule has 0 unspecified atom stereocenters. The second-order valence-corrected chi connectivity index (χ2v) is 9.48. The number of rotatable bonds is 10. The van der Waals surface area contributed by atoms with E-state index in [1.807, 2.05) is 18.2 Å². The lowest BCUT2D eigenvalue weighted by Gasteiger charge is -2.37. The number of methoxy groups -OCH3 is 1. The maximum atomic E-state index is 13.2. The average Bonchev–Trinajstić information content (AvgIpc) is 2.92.